The Morgan fingerprint density at radius 1 is 1.27 bits per heavy atom. The van der Waals surface area contributed by atoms with E-state index in [2.05, 4.69) is 34.5 Å². The molecule has 0 spiro atoms. The quantitative estimate of drug-likeness (QED) is 0.942. The van der Waals surface area contributed by atoms with Gasteiger partial charge in [0, 0.05) is 37.5 Å². The first-order valence-corrected chi connectivity index (χ1v) is 8.11. The number of aromatic nitrogens is 2. The highest BCUT2D eigenvalue weighted by Crippen LogP contribution is 2.30. The van der Waals surface area contributed by atoms with E-state index in [0.29, 0.717) is 12.3 Å². The van der Waals surface area contributed by atoms with Crippen LogP contribution in [0.15, 0.2) is 36.5 Å². The number of hydrogen-bond acceptors (Lipinski definition) is 2. The van der Waals surface area contributed by atoms with Gasteiger partial charge in [0.25, 0.3) is 0 Å². The molecule has 0 bridgehead atoms. The van der Waals surface area contributed by atoms with Crippen molar-refractivity contribution in [3.63, 3.8) is 0 Å². The molecule has 116 valence electrons. The third-order valence-electron chi connectivity index (χ3n) is 4.55. The number of nitrogens with zero attached hydrogens (tertiary/aromatic N) is 2. The molecule has 1 aliphatic heterocycles. The number of likely N-dealkylation sites (tertiary alicyclic amines) is 1. The summed E-state index contributed by atoms with van der Waals surface area (Å²) in [6.07, 6.45) is 5.52. The van der Waals surface area contributed by atoms with Gasteiger partial charge in [0.1, 0.15) is 0 Å². The second-order valence-corrected chi connectivity index (χ2v) is 5.98. The average Bonchev–Trinajstić information content (AvgIpc) is 3.03. The lowest BCUT2D eigenvalue weighted by atomic mass is 9.89. The molecule has 0 radical (unpaired) electrons. The zero-order chi connectivity index (χ0) is 15.4. The number of carbonyl (C=O) groups is 1. The molecule has 1 aliphatic rings. The number of nitrogens with one attached hydrogen (secondary N) is 1. The number of H-pyrrole nitrogens is 1. The summed E-state index contributed by atoms with van der Waals surface area (Å²) in [6, 6.07) is 10.5. The molecule has 2 heterocycles. The molecule has 4 nitrogen and oxygen atoms in total. The normalized spacial score (nSPS) is 16.0. The van der Waals surface area contributed by atoms with Crippen LogP contribution in [0.1, 0.15) is 48.9 Å². The zero-order valence-corrected chi connectivity index (χ0v) is 13.1. The molecule has 1 aromatic carbocycles. The van der Waals surface area contributed by atoms with Gasteiger partial charge in [0.15, 0.2) is 0 Å². The van der Waals surface area contributed by atoms with Gasteiger partial charge in [-0.05, 0) is 24.0 Å². The molecule has 0 aliphatic carbocycles. The van der Waals surface area contributed by atoms with Gasteiger partial charge in [-0.3, -0.25) is 9.89 Å². The third kappa shape index (κ3) is 3.21. The Labute approximate surface area is 131 Å². The summed E-state index contributed by atoms with van der Waals surface area (Å²) >= 11 is 0. The number of piperidine rings is 1. The lowest BCUT2D eigenvalue weighted by Crippen LogP contribution is -2.37. The van der Waals surface area contributed by atoms with Crippen LogP contribution >= 0.6 is 0 Å². The van der Waals surface area contributed by atoms with E-state index in [9.17, 15) is 4.79 Å². The number of rotatable bonds is 4. The summed E-state index contributed by atoms with van der Waals surface area (Å²) in [5.41, 5.74) is 3.85. The number of hydrogen-bond donors (Lipinski definition) is 1. The minimum Gasteiger partial charge on any atom is -0.343 e. The van der Waals surface area contributed by atoms with E-state index in [1.54, 1.807) is 0 Å². The van der Waals surface area contributed by atoms with Crippen molar-refractivity contribution in [2.24, 2.45) is 0 Å². The Kier molecular flexibility index (Phi) is 4.56. The standard InChI is InChI=1S/C18H23N3O/c1-2-17(22)21-10-8-15(9-11-21)18-16(13-19-20-18)12-14-6-4-3-5-7-14/h3-7,13,15H,2,8-12H2,1H3,(H,19,20). The van der Waals surface area contributed by atoms with Gasteiger partial charge < -0.3 is 4.90 Å². The molecule has 1 N–H and O–H groups in total. The molecule has 2 aromatic rings. The maximum absolute atomic E-state index is 11.8. The van der Waals surface area contributed by atoms with Gasteiger partial charge in [-0.15, -0.1) is 0 Å². The van der Waals surface area contributed by atoms with Gasteiger partial charge in [-0.1, -0.05) is 37.3 Å². The molecule has 3 rings (SSSR count). The fraction of sp³-hybridized carbons (Fsp3) is 0.444. The van der Waals surface area contributed by atoms with Crippen molar-refractivity contribution < 1.29 is 4.79 Å². The molecule has 4 heteroatoms. The van der Waals surface area contributed by atoms with E-state index in [-0.39, 0.29) is 5.91 Å². The molecule has 1 aromatic heterocycles. The summed E-state index contributed by atoms with van der Waals surface area (Å²) in [7, 11) is 0. The molecular formula is C18H23N3O. The molecule has 1 amide bonds. The van der Waals surface area contributed by atoms with E-state index in [4.69, 9.17) is 0 Å². The van der Waals surface area contributed by atoms with Gasteiger partial charge in [0.05, 0.1) is 6.20 Å². The van der Waals surface area contributed by atoms with Crippen molar-refractivity contribution in [1.82, 2.24) is 15.1 Å². The molecule has 22 heavy (non-hydrogen) atoms. The lowest BCUT2D eigenvalue weighted by Gasteiger charge is -2.31. The van der Waals surface area contributed by atoms with Crippen molar-refractivity contribution in [1.29, 1.82) is 0 Å². The topological polar surface area (TPSA) is 49.0 Å². The largest absolute Gasteiger partial charge is 0.343 e. The summed E-state index contributed by atoms with van der Waals surface area (Å²) in [6.45, 7) is 3.66. The predicted molar refractivity (Wildman–Crippen MR) is 86.7 cm³/mol. The monoisotopic (exact) mass is 297 g/mol. The Bertz CT molecular complexity index is 612. The van der Waals surface area contributed by atoms with Crippen molar-refractivity contribution in [3.8, 4) is 0 Å². The van der Waals surface area contributed by atoms with E-state index < -0.39 is 0 Å². The van der Waals surface area contributed by atoms with Crippen molar-refractivity contribution in [2.45, 2.75) is 38.5 Å². The maximum Gasteiger partial charge on any atom is 0.222 e. The number of carbonyl (C=O) groups excluding carboxylic acids is 1. The van der Waals surface area contributed by atoms with E-state index in [0.717, 1.165) is 32.4 Å². The minimum atomic E-state index is 0.271. The molecule has 0 unspecified atom stereocenters. The second kappa shape index (κ2) is 6.77. The van der Waals surface area contributed by atoms with Crippen LogP contribution in [-0.4, -0.2) is 34.1 Å². The van der Waals surface area contributed by atoms with Crippen LogP contribution in [0.2, 0.25) is 0 Å². The molecule has 1 saturated heterocycles. The fourth-order valence-electron chi connectivity index (χ4n) is 3.27. The SMILES string of the molecule is CCC(=O)N1CCC(c2[nH]ncc2Cc2ccccc2)CC1. The van der Waals surface area contributed by atoms with E-state index in [1.807, 2.05) is 24.1 Å². The van der Waals surface area contributed by atoms with Crippen LogP contribution in [-0.2, 0) is 11.2 Å². The Balaban J connectivity index is 1.67. The average molecular weight is 297 g/mol. The third-order valence-corrected chi connectivity index (χ3v) is 4.55. The highest BCUT2D eigenvalue weighted by atomic mass is 16.2. The van der Waals surface area contributed by atoms with Crippen LogP contribution < -0.4 is 0 Å². The first-order valence-electron chi connectivity index (χ1n) is 8.11. The van der Waals surface area contributed by atoms with E-state index in [1.165, 1.54) is 16.8 Å². The Morgan fingerprint density at radius 3 is 2.68 bits per heavy atom. The van der Waals surface area contributed by atoms with Crippen molar-refractivity contribution in [2.75, 3.05) is 13.1 Å². The Hall–Kier alpha value is -2.10. The first-order chi connectivity index (χ1) is 10.8. The van der Waals surface area contributed by atoms with Crippen LogP contribution in [0.3, 0.4) is 0 Å². The number of aromatic amines is 1. The number of benzene rings is 1. The first kappa shape index (κ1) is 14.8. The molecule has 0 saturated carbocycles. The fourth-order valence-corrected chi connectivity index (χ4v) is 3.27. The number of amides is 1. The Morgan fingerprint density at radius 2 is 2.00 bits per heavy atom. The maximum atomic E-state index is 11.8. The van der Waals surface area contributed by atoms with Crippen LogP contribution in [0.5, 0.6) is 0 Å². The van der Waals surface area contributed by atoms with Crippen LogP contribution in [0.4, 0.5) is 0 Å². The van der Waals surface area contributed by atoms with Crippen molar-refractivity contribution in [3.05, 3.63) is 53.3 Å². The summed E-state index contributed by atoms with van der Waals surface area (Å²) in [5, 5.41) is 7.46. The second-order valence-electron chi connectivity index (χ2n) is 5.98. The van der Waals surface area contributed by atoms with Crippen LogP contribution in [0.25, 0.3) is 0 Å². The highest BCUT2D eigenvalue weighted by Gasteiger charge is 2.25. The minimum absolute atomic E-state index is 0.271. The molecule has 1 fully saturated rings. The molecular weight excluding hydrogens is 274 g/mol. The van der Waals surface area contributed by atoms with Crippen molar-refractivity contribution >= 4 is 5.91 Å². The van der Waals surface area contributed by atoms with E-state index >= 15 is 0 Å². The smallest absolute Gasteiger partial charge is 0.222 e. The zero-order valence-electron chi connectivity index (χ0n) is 13.1. The van der Waals surface area contributed by atoms with Crippen LogP contribution in [0, 0.1) is 0 Å². The summed E-state index contributed by atoms with van der Waals surface area (Å²) in [4.78, 5) is 13.8. The summed E-state index contributed by atoms with van der Waals surface area (Å²) in [5.74, 6) is 0.759. The van der Waals surface area contributed by atoms with Gasteiger partial charge >= 0.3 is 0 Å². The van der Waals surface area contributed by atoms with Gasteiger partial charge in [0.2, 0.25) is 5.91 Å². The molecule has 0 atom stereocenters. The lowest BCUT2D eigenvalue weighted by molar-refractivity contribution is -0.131. The summed E-state index contributed by atoms with van der Waals surface area (Å²) < 4.78 is 0. The van der Waals surface area contributed by atoms with Gasteiger partial charge in [-0.2, -0.15) is 5.10 Å². The highest BCUT2D eigenvalue weighted by molar-refractivity contribution is 5.75. The van der Waals surface area contributed by atoms with Gasteiger partial charge in [-0.25, -0.2) is 0 Å². The predicted octanol–water partition coefficient (Wildman–Crippen LogP) is 3.12.